The SMILES string of the molecule is CCN(CCCC(F)(F)F)[C@H]1CCC(NC(=O)c2cc3cc([C@@H](F)P(=O)(O)O)ccc3s2)C(=O)N2[C@H](CC[C@H]2C(=O)N2C[C@H](c3ccccc3)CC23CC3)C1. The summed E-state index contributed by atoms with van der Waals surface area (Å²) in [7, 11) is -5.05. The van der Waals surface area contributed by atoms with Gasteiger partial charge < -0.3 is 29.8 Å². The first-order valence-corrected chi connectivity index (χ1v) is 21.6. The molecular weight excluding hydrogens is 759 g/mol. The highest BCUT2D eigenvalue weighted by Gasteiger charge is 2.58. The Hall–Kier alpha value is -3.36. The number of benzene rings is 2. The number of rotatable bonds is 11. The minimum Gasteiger partial charge on any atom is -0.340 e. The fourth-order valence-electron chi connectivity index (χ4n) is 9.20. The number of hydrogen-bond acceptors (Lipinski definition) is 6. The minimum atomic E-state index is -5.05. The van der Waals surface area contributed by atoms with Gasteiger partial charge in [-0.25, -0.2) is 4.39 Å². The zero-order chi connectivity index (χ0) is 39.3. The van der Waals surface area contributed by atoms with Crippen LogP contribution >= 0.6 is 18.9 Å². The van der Waals surface area contributed by atoms with Crippen LogP contribution in [0, 0.1) is 0 Å². The zero-order valence-corrected chi connectivity index (χ0v) is 32.3. The van der Waals surface area contributed by atoms with Crippen LogP contribution in [-0.4, -0.2) is 97.7 Å². The Morgan fingerprint density at radius 1 is 1.07 bits per heavy atom. The molecule has 1 aliphatic carbocycles. The van der Waals surface area contributed by atoms with E-state index in [0.717, 1.165) is 30.6 Å². The molecule has 1 saturated carbocycles. The van der Waals surface area contributed by atoms with Gasteiger partial charge in [-0.05, 0) is 106 Å². The maximum absolute atomic E-state index is 14.6. The molecule has 1 spiro atoms. The third-order valence-corrected chi connectivity index (χ3v) is 14.1. The first-order chi connectivity index (χ1) is 26.1. The molecule has 2 aromatic carbocycles. The van der Waals surface area contributed by atoms with Crippen molar-refractivity contribution in [3.63, 3.8) is 0 Å². The van der Waals surface area contributed by atoms with Gasteiger partial charge >= 0.3 is 13.8 Å². The molecule has 0 bridgehead atoms. The summed E-state index contributed by atoms with van der Waals surface area (Å²) in [4.78, 5) is 67.7. The lowest BCUT2D eigenvalue weighted by Crippen LogP contribution is -2.59. The number of nitrogens with zero attached hydrogens (tertiary/aromatic N) is 3. The normalized spacial score (nSPS) is 26.0. The largest absolute Gasteiger partial charge is 0.389 e. The van der Waals surface area contributed by atoms with E-state index in [-0.39, 0.29) is 65.2 Å². The Bertz CT molecular complexity index is 1950. The van der Waals surface area contributed by atoms with Crippen molar-refractivity contribution in [1.29, 1.82) is 0 Å². The number of carbonyl (C=O) groups excluding carboxylic acids is 3. The molecular formula is C39H47F4N4O6PS. The molecule has 0 radical (unpaired) electrons. The van der Waals surface area contributed by atoms with Crippen LogP contribution in [0.1, 0.15) is 104 Å². The predicted molar refractivity (Wildman–Crippen MR) is 200 cm³/mol. The molecule has 3 aliphatic heterocycles. The van der Waals surface area contributed by atoms with Crippen molar-refractivity contribution in [2.45, 2.75) is 119 Å². The third-order valence-electron chi connectivity index (χ3n) is 12.1. The van der Waals surface area contributed by atoms with E-state index < -0.39 is 44.1 Å². The smallest absolute Gasteiger partial charge is 0.340 e. The number of thiophene rings is 1. The number of fused-ring (bicyclic) bond motifs is 2. The van der Waals surface area contributed by atoms with Crippen molar-refractivity contribution in [1.82, 2.24) is 20.0 Å². The number of nitrogens with one attached hydrogen (secondary N) is 1. The highest BCUT2D eigenvalue weighted by Crippen LogP contribution is 2.55. The van der Waals surface area contributed by atoms with E-state index in [1.807, 2.05) is 34.9 Å². The first kappa shape index (κ1) is 39.9. The van der Waals surface area contributed by atoms with Gasteiger partial charge in [0.05, 0.1) is 4.88 Å². The quantitative estimate of drug-likeness (QED) is 0.137. The molecule has 3 N–H and O–H groups in total. The summed E-state index contributed by atoms with van der Waals surface area (Å²) >= 11 is 1.08. The van der Waals surface area contributed by atoms with Crippen LogP contribution in [0.4, 0.5) is 17.6 Å². The molecule has 4 heterocycles. The topological polar surface area (TPSA) is 130 Å². The summed E-state index contributed by atoms with van der Waals surface area (Å²) < 4.78 is 65.9. The zero-order valence-electron chi connectivity index (χ0n) is 30.6. The summed E-state index contributed by atoms with van der Waals surface area (Å²) in [6, 6.07) is 13.4. The molecule has 1 unspecified atom stereocenters. The van der Waals surface area contributed by atoms with Gasteiger partial charge in [0.15, 0.2) is 0 Å². The highest BCUT2D eigenvalue weighted by molar-refractivity contribution is 7.51. The fourth-order valence-corrected chi connectivity index (χ4v) is 10.7. The van der Waals surface area contributed by atoms with E-state index in [1.54, 1.807) is 4.90 Å². The Balaban J connectivity index is 1.14. The van der Waals surface area contributed by atoms with Crippen LogP contribution in [0.25, 0.3) is 10.1 Å². The second-order valence-electron chi connectivity index (χ2n) is 15.7. The number of amides is 3. The van der Waals surface area contributed by atoms with Crippen LogP contribution in [0.3, 0.4) is 0 Å². The Morgan fingerprint density at radius 2 is 1.82 bits per heavy atom. The van der Waals surface area contributed by atoms with Crippen molar-refractivity contribution in [3.05, 3.63) is 70.6 Å². The minimum absolute atomic E-state index is 0.0625. The second kappa shape index (κ2) is 15.5. The summed E-state index contributed by atoms with van der Waals surface area (Å²) in [5.41, 5.74) is 0.721. The van der Waals surface area contributed by atoms with Gasteiger partial charge in [-0.3, -0.25) is 18.9 Å². The lowest BCUT2D eigenvalue weighted by atomic mass is 9.93. The summed E-state index contributed by atoms with van der Waals surface area (Å²) in [5, 5.41) is 3.31. The average molecular weight is 807 g/mol. The average Bonchev–Trinajstić information content (AvgIpc) is 3.44. The van der Waals surface area contributed by atoms with Crippen LogP contribution in [0.15, 0.2) is 54.6 Å². The molecule has 4 fully saturated rings. The Morgan fingerprint density at radius 3 is 2.49 bits per heavy atom. The molecule has 3 amide bonds. The molecule has 10 nitrogen and oxygen atoms in total. The van der Waals surface area contributed by atoms with Crippen LogP contribution in [0.2, 0.25) is 0 Å². The van der Waals surface area contributed by atoms with Crippen molar-refractivity contribution in [2.75, 3.05) is 19.6 Å². The first-order valence-electron chi connectivity index (χ1n) is 19.1. The van der Waals surface area contributed by atoms with Gasteiger partial charge in [-0.15, -0.1) is 11.3 Å². The van der Waals surface area contributed by atoms with Crippen LogP contribution < -0.4 is 5.32 Å². The maximum atomic E-state index is 14.6. The lowest BCUT2D eigenvalue weighted by molar-refractivity contribution is -0.148. The molecule has 298 valence electrons. The highest BCUT2D eigenvalue weighted by atomic mass is 32.1. The molecule has 55 heavy (non-hydrogen) atoms. The number of alkyl halides is 4. The fraction of sp³-hybridized carbons (Fsp3) is 0.564. The summed E-state index contributed by atoms with van der Waals surface area (Å²) in [6.07, 6.45) is -0.391. The van der Waals surface area contributed by atoms with Gasteiger partial charge in [0.25, 0.3) is 5.91 Å². The number of halogens is 4. The van der Waals surface area contributed by atoms with E-state index in [0.29, 0.717) is 48.9 Å². The van der Waals surface area contributed by atoms with E-state index in [2.05, 4.69) is 17.4 Å². The van der Waals surface area contributed by atoms with Gasteiger partial charge in [0.1, 0.15) is 12.1 Å². The molecule has 16 heteroatoms. The molecule has 3 aromatic rings. The van der Waals surface area contributed by atoms with Crippen molar-refractivity contribution >= 4 is 46.7 Å². The van der Waals surface area contributed by atoms with E-state index in [4.69, 9.17) is 0 Å². The maximum Gasteiger partial charge on any atom is 0.389 e. The van der Waals surface area contributed by atoms with Gasteiger partial charge in [-0.2, -0.15) is 13.2 Å². The van der Waals surface area contributed by atoms with Gasteiger partial charge in [0, 0.05) is 41.2 Å². The van der Waals surface area contributed by atoms with Crippen molar-refractivity contribution in [3.8, 4) is 0 Å². The predicted octanol–water partition coefficient (Wildman–Crippen LogP) is 7.27. The summed E-state index contributed by atoms with van der Waals surface area (Å²) in [5.74, 6) is -3.35. The molecule has 4 aliphatic rings. The molecule has 1 aromatic heterocycles. The lowest BCUT2D eigenvalue weighted by Gasteiger charge is -2.41. The van der Waals surface area contributed by atoms with E-state index in [1.165, 1.54) is 29.8 Å². The van der Waals surface area contributed by atoms with Crippen molar-refractivity contribution in [2.24, 2.45) is 0 Å². The number of hydrogen-bond donors (Lipinski definition) is 3. The third kappa shape index (κ3) is 8.51. The van der Waals surface area contributed by atoms with E-state index in [9.17, 15) is 46.3 Å². The monoisotopic (exact) mass is 806 g/mol. The number of likely N-dealkylation sites (tertiary alicyclic amines) is 1. The number of carbonyl (C=O) groups is 3. The van der Waals surface area contributed by atoms with Crippen LogP contribution in [0.5, 0.6) is 0 Å². The second-order valence-corrected chi connectivity index (χ2v) is 18.4. The van der Waals surface area contributed by atoms with Crippen LogP contribution in [-0.2, 0) is 14.2 Å². The Kier molecular flexibility index (Phi) is 11.3. The van der Waals surface area contributed by atoms with Gasteiger partial charge in [0.2, 0.25) is 17.7 Å². The summed E-state index contributed by atoms with van der Waals surface area (Å²) in [6.45, 7) is 3.19. The standard InChI is InChI=1S/C39H47F4N4O6PS/c1-2-45(18-6-15-39(41,42)43)28-10-12-30(44-35(48)33-20-26-19-25(9-14-32(26)55-33)34(40)54(51,52)53)36(49)47-29(21-28)11-13-31(47)37(50)46-23-27(22-38(46)16-17-38)24-7-4-3-5-8-24/h3-5,7-9,14,19-20,27-31,34H,2,6,10-13,15-18,21-23H2,1H3,(H,44,48)(H2,51,52,53)/t27-,28+,29-,30?,31+,34+/m1/s1. The van der Waals surface area contributed by atoms with Gasteiger partial charge in [-0.1, -0.05) is 43.3 Å². The molecule has 6 atom stereocenters. The van der Waals surface area contributed by atoms with E-state index >= 15 is 0 Å². The van der Waals surface area contributed by atoms with Crippen molar-refractivity contribution < 1.29 is 46.3 Å². The molecule has 3 saturated heterocycles. The molecule has 7 rings (SSSR count). The Labute approximate surface area is 321 Å².